The van der Waals surface area contributed by atoms with Crippen molar-refractivity contribution in [2.24, 2.45) is 0 Å². The molecule has 1 amide bonds. The molecule has 2 N–H and O–H groups in total. The molecule has 0 radical (unpaired) electrons. The monoisotopic (exact) mass is 342 g/mol. The van der Waals surface area contributed by atoms with Gasteiger partial charge in [-0.25, -0.2) is 4.98 Å². The third kappa shape index (κ3) is 2.62. The maximum Gasteiger partial charge on any atom is 0.274 e. The summed E-state index contributed by atoms with van der Waals surface area (Å²) in [6, 6.07) is 5.73. The molecule has 1 aliphatic heterocycles. The summed E-state index contributed by atoms with van der Waals surface area (Å²) in [6.45, 7) is 2.73. The van der Waals surface area contributed by atoms with Crippen molar-refractivity contribution >= 4 is 17.2 Å². The Morgan fingerprint density at radius 3 is 3.08 bits per heavy atom. The van der Waals surface area contributed by atoms with Crippen LogP contribution in [-0.4, -0.2) is 42.7 Å². The van der Waals surface area contributed by atoms with Crippen molar-refractivity contribution in [3.05, 3.63) is 40.9 Å². The number of thiophene rings is 1. The van der Waals surface area contributed by atoms with Gasteiger partial charge in [-0.15, -0.1) is 11.3 Å². The van der Waals surface area contributed by atoms with Crippen molar-refractivity contribution in [3.63, 3.8) is 0 Å². The molecule has 0 bridgehead atoms. The molecule has 1 aliphatic rings. The second-order valence-corrected chi connectivity index (χ2v) is 6.74. The predicted octanol–water partition coefficient (Wildman–Crippen LogP) is 2.80. The first-order valence-corrected chi connectivity index (χ1v) is 8.95. The van der Waals surface area contributed by atoms with Gasteiger partial charge in [0.05, 0.1) is 16.6 Å². The molecule has 24 heavy (non-hydrogen) atoms. The first-order valence-electron chi connectivity index (χ1n) is 8.07. The van der Waals surface area contributed by atoms with Gasteiger partial charge in [-0.3, -0.25) is 15.0 Å². The summed E-state index contributed by atoms with van der Waals surface area (Å²) in [6.07, 6.45) is 2.64. The fourth-order valence-electron chi connectivity index (χ4n) is 3.03. The highest BCUT2D eigenvalue weighted by Crippen LogP contribution is 2.31. The van der Waals surface area contributed by atoms with Crippen molar-refractivity contribution in [1.82, 2.24) is 30.3 Å². The molecule has 1 atom stereocenters. The molecular formula is C16H18N6OS. The molecule has 8 heteroatoms. The van der Waals surface area contributed by atoms with Gasteiger partial charge in [0, 0.05) is 13.0 Å². The number of aryl methyl sites for hydroxylation is 1. The fraction of sp³-hybridized carbons (Fsp3) is 0.375. The van der Waals surface area contributed by atoms with Crippen LogP contribution in [0.2, 0.25) is 0 Å². The number of hydrogen-bond donors (Lipinski definition) is 2. The molecule has 4 heterocycles. The highest BCUT2D eigenvalue weighted by atomic mass is 32.1. The smallest absolute Gasteiger partial charge is 0.274 e. The van der Waals surface area contributed by atoms with Crippen LogP contribution in [0.5, 0.6) is 0 Å². The lowest BCUT2D eigenvalue weighted by Gasteiger charge is -2.21. The van der Waals surface area contributed by atoms with Gasteiger partial charge in [0.1, 0.15) is 5.82 Å². The summed E-state index contributed by atoms with van der Waals surface area (Å²) in [5, 5.41) is 16.4. The number of hydrogen-bond acceptors (Lipinski definition) is 5. The van der Waals surface area contributed by atoms with E-state index in [1.807, 2.05) is 35.4 Å². The van der Waals surface area contributed by atoms with Gasteiger partial charge >= 0.3 is 0 Å². The Bertz CT molecular complexity index is 837. The molecule has 1 unspecified atom stereocenters. The molecule has 124 valence electrons. The first kappa shape index (κ1) is 15.1. The van der Waals surface area contributed by atoms with Crippen LogP contribution >= 0.6 is 11.3 Å². The summed E-state index contributed by atoms with van der Waals surface area (Å²) >= 11 is 1.62. The largest absolute Gasteiger partial charge is 0.327 e. The van der Waals surface area contributed by atoms with E-state index in [-0.39, 0.29) is 11.9 Å². The van der Waals surface area contributed by atoms with Gasteiger partial charge in [-0.05, 0) is 30.4 Å². The van der Waals surface area contributed by atoms with Gasteiger partial charge in [0.25, 0.3) is 5.91 Å². The molecule has 1 saturated heterocycles. The molecule has 4 rings (SSSR count). The zero-order chi connectivity index (χ0) is 16.5. The van der Waals surface area contributed by atoms with E-state index >= 15 is 0 Å². The number of aromatic amines is 2. The number of H-pyrrole nitrogens is 2. The third-order valence-corrected chi connectivity index (χ3v) is 5.18. The second-order valence-electron chi connectivity index (χ2n) is 5.79. The summed E-state index contributed by atoms with van der Waals surface area (Å²) in [7, 11) is 0. The number of amides is 1. The van der Waals surface area contributed by atoms with Crippen LogP contribution in [0.15, 0.2) is 23.6 Å². The number of likely N-dealkylation sites (tertiary alicyclic amines) is 1. The van der Waals surface area contributed by atoms with Crippen molar-refractivity contribution in [2.75, 3.05) is 6.54 Å². The molecule has 0 aromatic carbocycles. The molecule has 3 aromatic rings. The van der Waals surface area contributed by atoms with E-state index < -0.39 is 0 Å². The van der Waals surface area contributed by atoms with Crippen molar-refractivity contribution < 1.29 is 4.79 Å². The van der Waals surface area contributed by atoms with Crippen LogP contribution in [0.4, 0.5) is 0 Å². The normalized spacial score (nSPS) is 17.5. The van der Waals surface area contributed by atoms with E-state index in [1.54, 1.807) is 11.3 Å². The van der Waals surface area contributed by atoms with E-state index in [0.29, 0.717) is 18.1 Å². The summed E-state index contributed by atoms with van der Waals surface area (Å²) in [4.78, 5) is 20.3. The Morgan fingerprint density at radius 1 is 1.42 bits per heavy atom. The lowest BCUT2D eigenvalue weighted by Crippen LogP contribution is -2.31. The fourth-order valence-corrected chi connectivity index (χ4v) is 3.72. The highest BCUT2D eigenvalue weighted by molar-refractivity contribution is 7.13. The summed E-state index contributed by atoms with van der Waals surface area (Å²) in [5.74, 6) is 1.48. The van der Waals surface area contributed by atoms with Crippen LogP contribution in [0.25, 0.3) is 10.6 Å². The van der Waals surface area contributed by atoms with Crippen molar-refractivity contribution in [2.45, 2.75) is 32.2 Å². The molecule has 0 saturated carbocycles. The Morgan fingerprint density at radius 2 is 2.33 bits per heavy atom. The van der Waals surface area contributed by atoms with Crippen LogP contribution < -0.4 is 0 Å². The lowest BCUT2D eigenvalue weighted by atomic mass is 10.2. The Balaban J connectivity index is 1.57. The van der Waals surface area contributed by atoms with Crippen LogP contribution in [-0.2, 0) is 6.42 Å². The second kappa shape index (κ2) is 6.20. The molecule has 0 aliphatic carbocycles. The van der Waals surface area contributed by atoms with E-state index in [4.69, 9.17) is 0 Å². The Labute approximate surface area is 143 Å². The van der Waals surface area contributed by atoms with Gasteiger partial charge in [0.15, 0.2) is 11.5 Å². The SMILES string of the molecule is CCc1nc(C2CCCN2C(=O)c2cc(-c3cccs3)[nH]n2)n[nH]1. The molecule has 3 aromatic heterocycles. The zero-order valence-electron chi connectivity index (χ0n) is 13.3. The number of carbonyl (C=O) groups excluding carboxylic acids is 1. The van der Waals surface area contributed by atoms with Gasteiger partial charge in [-0.2, -0.15) is 10.2 Å². The first-order chi connectivity index (χ1) is 11.8. The summed E-state index contributed by atoms with van der Waals surface area (Å²) in [5.41, 5.74) is 1.31. The third-order valence-electron chi connectivity index (χ3n) is 4.28. The molecule has 0 spiro atoms. The van der Waals surface area contributed by atoms with Crippen LogP contribution in [0, 0.1) is 0 Å². The minimum atomic E-state index is -0.0732. The average Bonchev–Trinajstić information content (AvgIpc) is 3.41. The quantitative estimate of drug-likeness (QED) is 0.763. The molecular weight excluding hydrogens is 324 g/mol. The number of carbonyl (C=O) groups is 1. The van der Waals surface area contributed by atoms with Crippen LogP contribution in [0.3, 0.4) is 0 Å². The Hall–Kier alpha value is -2.48. The standard InChI is InChI=1S/C16H18N6OS/c1-2-14-17-15(21-20-14)12-5-3-7-22(12)16(23)11-9-10(18-19-11)13-6-4-8-24-13/h4,6,8-9,12H,2-3,5,7H2,1H3,(H,18,19)(H,17,20,21). The number of nitrogens with zero attached hydrogens (tertiary/aromatic N) is 4. The Kier molecular flexibility index (Phi) is 3.89. The minimum absolute atomic E-state index is 0.0700. The lowest BCUT2D eigenvalue weighted by molar-refractivity contribution is 0.0724. The van der Waals surface area contributed by atoms with Crippen molar-refractivity contribution in [1.29, 1.82) is 0 Å². The molecule has 7 nitrogen and oxygen atoms in total. The number of nitrogens with one attached hydrogen (secondary N) is 2. The van der Waals surface area contributed by atoms with Gasteiger partial charge in [-0.1, -0.05) is 13.0 Å². The van der Waals surface area contributed by atoms with Gasteiger partial charge < -0.3 is 4.90 Å². The van der Waals surface area contributed by atoms with Gasteiger partial charge in [0.2, 0.25) is 0 Å². The maximum atomic E-state index is 12.9. The predicted molar refractivity (Wildman–Crippen MR) is 90.7 cm³/mol. The maximum absolute atomic E-state index is 12.9. The average molecular weight is 342 g/mol. The number of rotatable bonds is 4. The highest BCUT2D eigenvalue weighted by Gasteiger charge is 2.34. The van der Waals surface area contributed by atoms with E-state index in [1.165, 1.54) is 0 Å². The van der Waals surface area contributed by atoms with E-state index in [0.717, 1.165) is 35.7 Å². The minimum Gasteiger partial charge on any atom is -0.327 e. The molecule has 1 fully saturated rings. The van der Waals surface area contributed by atoms with E-state index in [9.17, 15) is 4.79 Å². The topological polar surface area (TPSA) is 90.6 Å². The van der Waals surface area contributed by atoms with Crippen LogP contribution in [0.1, 0.15) is 47.9 Å². The van der Waals surface area contributed by atoms with Crippen molar-refractivity contribution in [3.8, 4) is 10.6 Å². The summed E-state index contributed by atoms with van der Waals surface area (Å²) < 4.78 is 0. The number of aromatic nitrogens is 5. The van der Waals surface area contributed by atoms with E-state index in [2.05, 4.69) is 25.4 Å². The zero-order valence-corrected chi connectivity index (χ0v) is 14.1.